The van der Waals surface area contributed by atoms with Gasteiger partial charge in [0.2, 0.25) is 0 Å². The molecule has 2 atom stereocenters. The van der Waals surface area contributed by atoms with Crippen LogP contribution in [0.4, 0.5) is 5.69 Å². The summed E-state index contributed by atoms with van der Waals surface area (Å²) in [5, 5.41) is 0. The molecule has 0 amide bonds. The van der Waals surface area contributed by atoms with Gasteiger partial charge in [0, 0.05) is 47.9 Å². The maximum Gasteiger partial charge on any atom is 0.283 e. The van der Waals surface area contributed by atoms with Crippen LogP contribution in [-0.4, -0.2) is 43.4 Å². The molecule has 2 aromatic carbocycles. The minimum absolute atomic E-state index is 0.198. The molecule has 1 fully saturated rings. The van der Waals surface area contributed by atoms with Crippen molar-refractivity contribution in [2.24, 2.45) is 16.6 Å². The van der Waals surface area contributed by atoms with E-state index in [0.29, 0.717) is 12.5 Å². The van der Waals surface area contributed by atoms with E-state index in [2.05, 4.69) is 41.9 Å². The molecule has 1 spiro atoms. The van der Waals surface area contributed by atoms with Crippen molar-refractivity contribution in [3.05, 3.63) is 72.1 Å². The van der Waals surface area contributed by atoms with Gasteiger partial charge in [-0.1, -0.05) is 26.0 Å². The fraction of sp³-hybridized carbons (Fsp3) is 0.357. The molecule has 6 rings (SSSR count). The summed E-state index contributed by atoms with van der Waals surface area (Å²) in [6.07, 6.45) is 4.92. The summed E-state index contributed by atoms with van der Waals surface area (Å²) < 4.78 is 18.2. The zero-order chi connectivity index (χ0) is 24.0. The van der Waals surface area contributed by atoms with Crippen LogP contribution in [0.25, 0.3) is 11.1 Å². The fourth-order valence-corrected chi connectivity index (χ4v) is 5.37. The van der Waals surface area contributed by atoms with Crippen molar-refractivity contribution in [1.29, 1.82) is 0 Å². The minimum Gasteiger partial charge on any atom is -0.462 e. The van der Waals surface area contributed by atoms with Gasteiger partial charge in [-0.3, -0.25) is 4.98 Å². The van der Waals surface area contributed by atoms with Crippen LogP contribution in [0, 0.1) is 5.92 Å². The Bertz CT molecular complexity index is 1280. The van der Waals surface area contributed by atoms with Crippen molar-refractivity contribution in [3.8, 4) is 22.6 Å². The van der Waals surface area contributed by atoms with E-state index in [1.807, 2.05) is 36.5 Å². The van der Waals surface area contributed by atoms with Crippen LogP contribution in [0.5, 0.6) is 11.5 Å². The standard InChI is InChI=1S/C28H30N4O3/c1-18(2)12-22-16-32(10-11-33-22)21-6-8-26-24(14-21)28(17-34-27(29)31-28)23-13-19(5-7-25(23)35-26)20-4-3-9-30-15-20/h3-9,13-15,18,22H,10-12,16-17H2,1-2H3,(H2,29,31)/t22-,28-/m0/s1. The van der Waals surface area contributed by atoms with E-state index in [1.54, 1.807) is 6.20 Å². The lowest BCUT2D eigenvalue weighted by Gasteiger charge is -2.38. The number of ether oxygens (including phenoxy) is 3. The zero-order valence-corrected chi connectivity index (χ0v) is 20.1. The number of morpholine rings is 1. The Labute approximate surface area is 205 Å². The fourth-order valence-electron chi connectivity index (χ4n) is 5.37. The van der Waals surface area contributed by atoms with Gasteiger partial charge in [0.05, 0.1) is 12.7 Å². The first-order valence-electron chi connectivity index (χ1n) is 12.2. The second kappa shape index (κ2) is 8.57. The molecular weight excluding hydrogens is 440 g/mol. The van der Waals surface area contributed by atoms with E-state index in [4.69, 9.17) is 24.9 Å². The monoisotopic (exact) mass is 470 g/mol. The zero-order valence-electron chi connectivity index (χ0n) is 20.1. The molecule has 3 aliphatic rings. The second-order valence-electron chi connectivity index (χ2n) is 9.90. The van der Waals surface area contributed by atoms with Gasteiger partial charge in [-0.2, -0.15) is 0 Å². The Morgan fingerprint density at radius 1 is 1.09 bits per heavy atom. The number of anilines is 1. The summed E-state index contributed by atoms with van der Waals surface area (Å²) in [6, 6.07) is 16.7. The molecule has 0 aliphatic carbocycles. The third kappa shape index (κ3) is 3.90. The largest absolute Gasteiger partial charge is 0.462 e. The number of fused-ring (bicyclic) bond motifs is 4. The third-order valence-corrected chi connectivity index (χ3v) is 7.02. The van der Waals surface area contributed by atoms with Crippen LogP contribution in [-0.2, 0) is 15.0 Å². The molecule has 1 saturated heterocycles. The number of hydrogen-bond donors (Lipinski definition) is 1. The van der Waals surface area contributed by atoms with Gasteiger partial charge in [-0.25, -0.2) is 4.99 Å². The molecule has 180 valence electrons. The van der Waals surface area contributed by atoms with Crippen LogP contribution in [0.3, 0.4) is 0 Å². The second-order valence-corrected chi connectivity index (χ2v) is 9.90. The number of nitrogens with zero attached hydrogens (tertiary/aromatic N) is 3. The van der Waals surface area contributed by atoms with Gasteiger partial charge < -0.3 is 24.8 Å². The van der Waals surface area contributed by atoms with E-state index in [1.165, 1.54) is 0 Å². The maximum absolute atomic E-state index is 6.38. The summed E-state index contributed by atoms with van der Waals surface area (Å²) >= 11 is 0. The average molecular weight is 471 g/mol. The van der Waals surface area contributed by atoms with E-state index in [0.717, 1.165) is 65.6 Å². The number of aliphatic imine (C=N–C) groups is 1. The van der Waals surface area contributed by atoms with Gasteiger partial charge in [0.15, 0.2) is 5.54 Å². The maximum atomic E-state index is 6.38. The Morgan fingerprint density at radius 3 is 2.66 bits per heavy atom. The van der Waals surface area contributed by atoms with Gasteiger partial charge in [0.25, 0.3) is 6.02 Å². The van der Waals surface area contributed by atoms with E-state index in [9.17, 15) is 0 Å². The van der Waals surface area contributed by atoms with Crippen LogP contribution < -0.4 is 15.4 Å². The molecular formula is C28H30N4O3. The lowest BCUT2D eigenvalue weighted by molar-refractivity contribution is 0.0276. The topological polar surface area (TPSA) is 82.2 Å². The first-order valence-corrected chi connectivity index (χ1v) is 12.2. The summed E-state index contributed by atoms with van der Waals surface area (Å²) in [4.78, 5) is 11.5. The molecule has 35 heavy (non-hydrogen) atoms. The molecule has 0 bridgehead atoms. The lowest BCUT2D eigenvalue weighted by Crippen LogP contribution is -2.43. The number of nitrogens with two attached hydrogens (primary N) is 1. The summed E-state index contributed by atoms with van der Waals surface area (Å²) in [5.41, 5.74) is 10.5. The van der Waals surface area contributed by atoms with Crippen molar-refractivity contribution in [1.82, 2.24) is 4.98 Å². The van der Waals surface area contributed by atoms with Crippen molar-refractivity contribution >= 4 is 11.7 Å². The molecule has 0 unspecified atom stereocenters. The highest BCUT2D eigenvalue weighted by Gasteiger charge is 2.47. The number of aromatic nitrogens is 1. The lowest BCUT2D eigenvalue weighted by atomic mass is 9.80. The number of hydrogen-bond acceptors (Lipinski definition) is 7. The van der Waals surface area contributed by atoms with Gasteiger partial charge in [0.1, 0.15) is 18.1 Å². The van der Waals surface area contributed by atoms with Crippen molar-refractivity contribution < 1.29 is 14.2 Å². The minimum atomic E-state index is -0.759. The Balaban J connectivity index is 1.42. The molecule has 3 aromatic rings. The number of pyridine rings is 1. The van der Waals surface area contributed by atoms with E-state index in [-0.39, 0.29) is 12.1 Å². The molecule has 7 nitrogen and oxygen atoms in total. The first kappa shape index (κ1) is 21.9. The third-order valence-electron chi connectivity index (χ3n) is 7.02. The summed E-state index contributed by atoms with van der Waals surface area (Å²) in [7, 11) is 0. The van der Waals surface area contributed by atoms with Gasteiger partial charge >= 0.3 is 0 Å². The Kier molecular flexibility index (Phi) is 5.37. The normalized spacial score (nSPS) is 22.9. The molecule has 3 aliphatic heterocycles. The highest BCUT2D eigenvalue weighted by atomic mass is 16.5. The van der Waals surface area contributed by atoms with Crippen LogP contribution in [0.2, 0.25) is 0 Å². The average Bonchev–Trinajstić information content (AvgIpc) is 3.26. The van der Waals surface area contributed by atoms with Gasteiger partial charge in [-0.15, -0.1) is 0 Å². The highest BCUT2D eigenvalue weighted by molar-refractivity contribution is 5.78. The molecule has 4 heterocycles. The van der Waals surface area contributed by atoms with E-state index >= 15 is 0 Å². The Hall–Kier alpha value is -3.58. The SMILES string of the molecule is CC(C)C[C@H]1CN(c2ccc3c(c2)[C@]2(COC(N)=N2)c2cc(-c4cccnc4)ccc2O3)CCO1. The number of benzene rings is 2. The van der Waals surface area contributed by atoms with E-state index < -0.39 is 5.54 Å². The number of rotatable bonds is 4. The van der Waals surface area contributed by atoms with Gasteiger partial charge in [-0.05, 0) is 54.3 Å². The first-order chi connectivity index (χ1) is 17.0. The predicted octanol–water partition coefficient (Wildman–Crippen LogP) is 4.69. The molecule has 7 heteroatoms. The van der Waals surface area contributed by atoms with Crippen LogP contribution in [0.1, 0.15) is 31.4 Å². The molecule has 1 aromatic heterocycles. The molecule has 2 N–H and O–H groups in total. The highest BCUT2D eigenvalue weighted by Crippen LogP contribution is 2.52. The summed E-state index contributed by atoms with van der Waals surface area (Å²) in [5.74, 6) is 2.14. The van der Waals surface area contributed by atoms with Crippen molar-refractivity contribution in [3.63, 3.8) is 0 Å². The van der Waals surface area contributed by atoms with Crippen molar-refractivity contribution in [2.75, 3.05) is 31.2 Å². The van der Waals surface area contributed by atoms with Crippen molar-refractivity contribution in [2.45, 2.75) is 31.9 Å². The summed E-state index contributed by atoms with van der Waals surface area (Å²) in [6.45, 7) is 7.26. The Morgan fingerprint density at radius 2 is 1.91 bits per heavy atom. The molecule has 0 radical (unpaired) electrons. The van der Waals surface area contributed by atoms with Crippen LogP contribution in [0.15, 0.2) is 65.9 Å². The predicted molar refractivity (Wildman–Crippen MR) is 136 cm³/mol. The number of amidine groups is 1. The van der Waals surface area contributed by atoms with Crippen LogP contribution >= 0.6 is 0 Å². The molecule has 0 saturated carbocycles. The quantitative estimate of drug-likeness (QED) is 0.596. The smallest absolute Gasteiger partial charge is 0.283 e.